The fourth-order valence-corrected chi connectivity index (χ4v) is 1.48. The second kappa shape index (κ2) is 7.16. The fourth-order valence-electron chi connectivity index (χ4n) is 1.48. The first kappa shape index (κ1) is 13.8. The van der Waals surface area contributed by atoms with Gasteiger partial charge in [0.05, 0.1) is 6.61 Å². The zero-order valence-corrected chi connectivity index (χ0v) is 10.1. The minimum Gasteiger partial charge on any atom is -0.375 e. The van der Waals surface area contributed by atoms with Crippen LogP contribution in [0.4, 0.5) is 14.7 Å². The maximum absolute atomic E-state index is 11.8. The van der Waals surface area contributed by atoms with Crippen LogP contribution in [0.3, 0.4) is 0 Å². The average molecular weight is 248 g/mol. The lowest BCUT2D eigenvalue weighted by Gasteiger charge is -2.08. The van der Waals surface area contributed by atoms with E-state index >= 15 is 0 Å². The molecular formula is C10H18F2N4O. The van der Waals surface area contributed by atoms with Crippen molar-refractivity contribution in [3.05, 3.63) is 5.82 Å². The SMILES string of the molecule is CCNc1nnc(CCOCC(F)F)n1CC. The van der Waals surface area contributed by atoms with Crippen LogP contribution in [-0.4, -0.2) is 40.9 Å². The molecule has 0 spiro atoms. The lowest BCUT2D eigenvalue weighted by Crippen LogP contribution is -2.12. The molecule has 98 valence electrons. The van der Waals surface area contributed by atoms with Crippen molar-refractivity contribution in [2.75, 3.05) is 25.1 Å². The molecule has 1 N–H and O–H groups in total. The molecule has 0 aliphatic heterocycles. The van der Waals surface area contributed by atoms with Gasteiger partial charge in [0.1, 0.15) is 12.4 Å². The highest BCUT2D eigenvalue weighted by atomic mass is 19.3. The Morgan fingerprint density at radius 3 is 2.71 bits per heavy atom. The van der Waals surface area contributed by atoms with Crippen molar-refractivity contribution in [1.29, 1.82) is 0 Å². The summed E-state index contributed by atoms with van der Waals surface area (Å²) < 4.78 is 30.4. The highest BCUT2D eigenvalue weighted by molar-refractivity contribution is 5.25. The van der Waals surface area contributed by atoms with Gasteiger partial charge in [0.25, 0.3) is 6.43 Å². The average Bonchev–Trinajstić information content (AvgIpc) is 2.67. The van der Waals surface area contributed by atoms with E-state index in [1.165, 1.54) is 0 Å². The third kappa shape index (κ3) is 4.26. The zero-order chi connectivity index (χ0) is 12.7. The molecule has 1 aromatic heterocycles. The summed E-state index contributed by atoms with van der Waals surface area (Å²) in [5, 5.41) is 11.1. The predicted octanol–water partition coefficient (Wildman–Crippen LogP) is 1.55. The lowest BCUT2D eigenvalue weighted by molar-refractivity contribution is 0.0181. The number of rotatable bonds is 8. The van der Waals surface area contributed by atoms with E-state index in [4.69, 9.17) is 4.74 Å². The minimum atomic E-state index is -2.42. The molecule has 0 saturated heterocycles. The van der Waals surface area contributed by atoms with E-state index in [0.29, 0.717) is 12.4 Å². The quantitative estimate of drug-likeness (QED) is 0.709. The predicted molar refractivity (Wildman–Crippen MR) is 60.4 cm³/mol. The molecule has 7 heteroatoms. The Morgan fingerprint density at radius 2 is 2.12 bits per heavy atom. The Labute approximate surface area is 99.2 Å². The number of anilines is 1. The molecule has 17 heavy (non-hydrogen) atoms. The summed E-state index contributed by atoms with van der Waals surface area (Å²) in [6, 6.07) is 0. The summed E-state index contributed by atoms with van der Waals surface area (Å²) in [5.41, 5.74) is 0. The zero-order valence-electron chi connectivity index (χ0n) is 10.1. The van der Waals surface area contributed by atoms with Crippen LogP contribution in [0.2, 0.25) is 0 Å². The van der Waals surface area contributed by atoms with E-state index < -0.39 is 13.0 Å². The van der Waals surface area contributed by atoms with Gasteiger partial charge in [-0.2, -0.15) is 0 Å². The van der Waals surface area contributed by atoms with E-state index in [2.05, 4.69) is 15.5 Å². The number of nitrogens with zero attached hydrogens (tertiary/aromatic N) is 3. The fraction of sp³-hybridized carbons (Fsp3) is 0.800. The third-order valence-corrected chi connectivity index (χ3v) is 2.19. The van der Waals surface area contributed by atoms with Crippen LogP contribution in [0.1, 0.15) is 19.7 Å². The highest BCUT2D eigenvalue weighted by Gasteiger charge is 2.10. The number of halogens is 2. The van der Waals surface area contributed by atoms with Gasteiger partial charge in [-0.3, -0.25) is 4.57 Å². The van der Waals surface area contributed by atoms with Gasteiger partial charge in [-0.15, -0.1) is 10.2 Å². The lowest BCUT2D eigenvalue weighted by atomic mass is 10.4. The molecule has 0 saturated carbocycles. The molecule has 1 heterocycles. The molecule has 0 aliphatic rings. The van der Waals surface area contributed by atoms with Gasteiger partial charge in [0, 0.05) is 19.5 Å². The van der Waals surface area contributed by atoms with Crippen LogP contribution in [0.15, 0.2) is 0 Å². The molecular weight excluding hydrogens is 230 g/mol. The summed E-state index contributed by atoms with van der Waals surface area (Å²) in [6.45, 7) is 5.16. The van der Waals surface area contributed by atoms with Crippen molar-refractivity contribution >= 4 is 5.95 Å². The first-order valence-corrected chi connectivity index (χ1v) is 5.70. The van der Waals surface area contributed by atoms with Crippen LogP contribution in [0.5, 0.6) is 0 Å². The van der Waals surface area contributed by atoms with Crippen molar-refractivity contribution in [2.45, 2.75) is 33.2 Å². The molecule has 1 aromatic rings. The molecule has 0 fully saturated rings. The maximum atomic E-state index is 11.8. The van der Waals surface area contributed by atoms with Crippen molar-refractivity contribution in [2.24, 2.45) is 0 Å². The Hall–Kier alpha value is -1.24. The van der Waals surface area contributed by atoms with Crippen LogP contribution < -0.4 is 5.32 Å². The molecule has 0 bridgehead atoms. The number of aromatic nitrogens is 3. The van der Waals surface area contributed by atoms with Gasteiger partial charge in [0.2, 0.25) is 5.95 Å². The van der Waals surface area contributed by atoms with Crippen LogP contribution in [0.25, 0.3) is 0 Å². The van der Waals surface area contributed by atoms with E-state index in [0.717, 1.165) is 18.9 Å². The summed E-state index contributed by atoms with van der Waals surface area (Å²) >= 11 is 0. The highest BCUT2D eigenvalue weighted by Crippen LogP contribution is 2.08. The number of alkyl halides is 2. The summed E-state index contributed by atoms with van der Waals surface area (Å²) in [4.78, 5) is 0. The largest absolute Gasteiger partial charge is 0.375 e. The Kier molecular flexibility index (Phi) is 5.82. The van der Waals surface area contributed by atoms with Crippen molar-refractivity contribution in [3.8, 4) is 0 Å². The van der Waals surface area contributed by atoms with Crippen LogP contribution in [0, 0.1) is 0 Å². The van der Waals surface area contributed by atoms with Gasteiger partial charge in [0.15, 0.2) is 0 Å². The first-order valence-electron chi connectivity index (χ1n) is 5.70. The molecule has 0 unspecified atom stereocenters. The second-order valence-electron chi connectivity index (χ2n) is 3.43. The first-order chi connectivity index (χ1) is 8.19. The van der Waals surface area contributed by atoms with E-state index in [1.54, 1.807) is 0 Å². The van der Waals surface area contributed by atoms with Gasteiger partial charge < -0.3 is 10.1 Å². The topological polar surface area (TPSA) is 52.0 Å². The van der Waals surface area contributed by atoms with Crippen LogP contribution >= 0.6 is 0 Å². The normalized spacial score (nSPS) is 11.1. The third-order valence-electron chi connectivity index (χ3n) is 2.19. The second-order valence-corrected chi connectivity index (χ2v) is 3.43. The Bertz CT molecular complexity index is 330. The van der Waals surface area contributed by atoms with Crippen LogP contribution in [-0.2, 0) is 17.7 Å². The standard InChI is InChI=1S/C10H18F2N4O/c1-3-13-10-15-14-9(16(10)4-2)5-6-17-7-8(11)12/h8H,3-7H2,1-2H3,(H,13,15). The number of hydrogen-bond donors (Lipinski definition) is 1. The van der Waals surface area contributed by atoms with Crippen molar-refractivity contribution in [3.63, 3.8) is 0 Å². The summed E-state index contributed by atoms with van der Waals surface area (Å²) in [5.74, 6) is 1.46. The van der Waals surface area contributed by atoms with Gasteiger partial charge in [-0.1, -0.05) is 0 Å². The molecule has 0 atom stereocenters. The Balaban J connectivity index is 2.47. The molecule has 5 nitrogen and oxygen atoms in total. The van der Waals surface area contributed by atoms with E-state index in [-0.39, 0.29) is 6.61 Å². The molecule has 0 aliphatic carbocycles. The van der Waals surface area contributed by atoms with Gasteiger partial charge in [-0.25, -0.2) is 8.78 Å². The van der Waals surface area contributed by atoms with Crippen molar-refractivity contribution < 1.29 is 13.5 Å². The molecule has 0 radical (unpaired) electrons. The van der Waals surface area contributed by atoms with Gasteiger partial charge in [-0.05, 0) is 13.8 Å². The maximum Gasteiger partial charge on any atom is 0.261 e. The summed E-state index contributed by atoms with van der Waals surface area (Å²) in [7, 11) is 0. The smallest absolute Gasteiger partial charge is 0.261 e. The Morgan fingerprint density at radius 1 is 1.35 bits per heavy atom. The molecule has 0 aromatic carbocycles. The minimum absolute atomic E-state index is 0.231. The van der Waals surface area contributed by atoms with Crippen molar-refractivity contribution in [1.82, 2.24) is 14.8 Å². The van der Waals surface area contributed by atoms with E-state index in [1.807, 2.05) is 18.4 Å². The number of nitrogens with one attached hydrogen (secondary N) is 1. The van der Waals surface area contributed by atoms with E-state index in [9.17, 15) is 8.78 Å². The molecule has 0 amide bonds. The summed E-state index contributed by atoms with van der Waals surface area (Å²) in [6.07, 6.45) is -1.93. The monoisotopic (exact) mass is 248 g/mol. The van der Waals surface area contributed by atoms with Gasteiger partial charge >= 0.3 is 0 Å². The number of ether oxygens (including phenoxy) is 1. The number of hydrogen-bond acceptors (Lipinski definition) is 4. The molecule has 1 rings (SSSR count).